The van der Waals surface area contributed by atoms with Gasteiger partial charge in [0.25, 0.3) is 0 Å². The molecular formula is C13H19ClN2O2. The van der Waals surface area contributed by atoms with Gasteiger partial charge in [-0.15, -0.1) is 0 Å². The zero-order valence-electron chi connectivity index (χ0n) is 11.1. The lowest BCUT2D eigenvalue weighted by Gasteiger charge is -2.25. The van der Waals surface area contributed by atoms with Crippen LogP contribution in [-0.2, 0) is 4.79 Å². The highest BCUT2D eigenvalue weighted by Crippen LogP contribution is 2.28. The molecule has 0 bridgehead atoms. The van der Waals surface area contributed by atoms with Crippen molar-refractivity contribution in [2.45, 2.75) is 26.8 Å². The minimum atomic E-state index is -0.584. The van der Waals surface area contributed by atoms with Crippen LogP contribution in [0.5, 0.6) is 5.75 Å². The first-order valence-corrected chi connectivity index (χ1v) is 6.03. The molecule has 3 N–H and O–H groups in total. The molecule has 0 heterocycles. The second kappa shape index (κ2) is 5.59. The molecule has 0 aliphatic carbocycles. The zero-order valence-corrected chi connectivity index (χ0v) is 11.8. The molecule has 0 aromatic heterocycles. The Bertz CT molecular complexity index is 441. The molecular weight excluding hydrogens is 252 g/mol. The third-order valence-corrected chi connectivity index (χ3v) is 2.95. The van der Waals surface area contributed by atoms with E-state index in [-0.39, 0.29) is 11.3 Å². The van der Waals surface area contributed by atoms with Crippen LogP contribution in [0.2, 0.25) is 5.02 Å². The Labute approximate surface area is 112 Å². The fourth-order valence-corrected chi connectivity index (χ4v) is 1.55. The summed E-state index contributed by atoms with van der Waals surface area (Å²) in [6.07, 6.45) is 0. The second-order valence-corrected chi connectivity index (χ2v) is 5.59. The van der Waals surface area contributed by atoms with Crippen molar-refractivity contribution in [1.82, 2.24) is 0 Å². The number of benzene rings is 1. The summed E-state index contributed by atoms with van der Waals surface area (Å²) in [4.78, 5) is 11.9. The highest BCUT2D eigenvalue weighted by molar-refractivity contribution is 6.32. The number of nitrogens with one attached hydrogen (secondary N) is 1. The van der Waals surface area contributed by atoms with Gasteiger partial charge in [-0.05, 0) is 17.5 Å². The first kappa shape index (κ1) is 14.8. The molecule has 4 nitrogen and oxygen atoms in total. The fraction of sp³-hybridized carbons (Fsp3) is 0.462. The molecule has 0 spiro atoms. The lowest BCUT2D eigenvalue weighted by Crippen LogP contribution is -2.45. The summed E-state index contributed by atoms with van der Waals surface area (Å²) in [5.74, 6) is 0.283. The number of carbonyl (C=O) groups excluding carboxylic acids is 1. The molecule has 100 valence electrons. The number of nitrogens with two attached hydrogens (primary N) is 1. The second-order valence-electron chi connectivity index (χ2n) is 5.18. The molecule has 1 aromatic carbocycles. The number of halogens is 1. The van der Waals surface area contributed by atoms with E-state index < -0.39 is 6.04 Å². The highest BCUT2D eigenvalue weighted by Gasteiger charge is 2.27. The maximum Gasteiger partial charge on any atom is 0.241 e. The lowest BCUT2D eigenvalue weighted by atomic mass is 9.87. The van der Waals surface area contributed by atoms with Crippen molar-refractivity contribution in [2.24, 2.45) is 11.1 Å². The first-order valence-electron chi connectivity index (χ1n) is 5.65. The van der Waals surface area contributed by atoms with Crippen LogP contribution in [0, 0.1) is 5.41 Å². The molecule has 5 heteroatoms. The number of carbonyl (C=O) groups is 1. The van der Waals surface area contributed by atoms with Gasteiger partial charge in [0, 0.05) is 11.8 Å². The average molecular weight is 271 g/mol. The fourth-order valence-electron chi connectivity index (χ4n) is 1.35. The summed E-state index contributed by atoms with van der Waals surface area (Å²) in [6, 6.07) is 4.45. The molecule has 1 aromatic rings. The van der Waals surface area contributed by atoms with Crippen molar-refractivity contribution in [3.8, 4) is 5.75 Å². The van der Waals surface area contributed by atoms with Crippen LogP contribution in [0.4, 0.5) is 5.69 Å². The van der Waals surface area contributed by atoms with E-state index in [4.69, 9.17) is 22.1 Å². The Balaban J connectivity index is 2.82. The third kappa shape index (κ3) is 3.62. The predicted molar refractivity (Wildman–Crippen MR) is 74.1 cm³/mol. The van der Waals surface area contributed by atoms with Gasteiger partial charge in [0.15, 0.2) is 0 Å². The van der Waals surface area contributed by atoms with Gasteiger partial charge in [-0.25, -0.2) is 0 Å². The lowest BCUT2D eigenvalue weighted by molar-refractivity contribution is -0.119. The van der Waals surface area contributed by atoms with Gasteiger partial charge in [0.05, 0.1) is 18.2 Å². The topological polar surface area (TPSA) is 64.3 Å². The van der Waals surface area contributed by atoms with Crippen LogP contribution in [0.1, 0.15) is 20.8 Å². The number of hydrogen-bond donors (Lipinski definition) is 2. The Morgan fingerprint density at radius 2 is 2.06 bits per heavy atom. The number of hydrogen-bond acceptors (Lipinski definition) is 3. The van der Waals surface area contributed by atoms with E-state index in [1.54, 1.807) is 18.2 Å². The molecule has 0 unspecified atom stereocenters. The smallest absolute Gasteiger partial charge is 0.241 e. The molecule has 1 amide bonds. The van der Waals surface area contributed by atoms with Crippen LogP contribution in [-0.4, -0.2) is 19.1 Å². The van der Waals surface area contributed by atoms with E-state index in [1.807, 2.05) is 20.8 Å². The van der Waals surface area contributed by atoms with Crippen molar-refractivity contribution in [3.63, 3.8) is 0 Å². The predicted octanol–water partition coefficient (Wildman–Crippen LogP) is 2.66. The van der Waals surface area contributed by atoms with Gasteiger partial charge in [-0.2, -0.15) is 0 Å². The summed E-state index contributed by atoms with van der Waals surface area (Å²) >= 11 is 5.91. The minimum absolute atomic E-state index is 0.230. The molecule has 1 atom stereocenters. The zero-order chi connectivity index (χ0) is 13.9. The monoisotopic (exact) mass is 270 g/mol. The number of methoxy groups -OCH3 is 1. The van der Waals surface area contributed by atoms with Crippen LogP contribution in [0.25, 0.3) is 0 Å². The van der Waals surface area contributed by atoms with Crippen LogP contribution < -0.4 is 15.8 Å². The van der Waals surface area contributed by atoms with Crippen molar-refractivity contribution in [2.75, 3.05) is 12.4 Å². The van der Waals surface area contributed by atoms with Crippen LogP contribution >= 0.6 is 11.6 Å². The Morgan fingerprint density at radius 1 is 1.44 bits per heavy atom. The van der Waals surface area contributed by atoms with Crippen LogP contribution in [0.3, 0.4) is 0 Å². The highest BCUT2D eigenvalue weighted by atomic mass is 35.5. The summed E-state index contributed by atoms with van der Waals surface area (Å²) in [7, 11) is 1.52. The van der Waals surface area contributed by atoms with E-state index in [0.29, 0.717) is 16.5 Å². The number of anilines is 1. The Kier molecular flexibility index (Phi) is 4.59. The SMILES string of the molecule is COc1cc(NC(=O)[C@@H](N)C(C)(C)C)ccc1Cl. The molecule has 0 saturated heterocycles. The van der Waals surface area contributed by atoms with E-state index in [9.17, 15) is 4.79 Å². The van der Waals surface area contributed by atoms with Gasteiger partial charge in [0.2, 0.25) is 5.91 Å². The largest absolute Gasteiger partial charge is 0.495 e. The van der Waals surface area contributed by atoms with Gasteiger partial charge in [-0.1, -0.05) is 32.4 Å². The summed E-state index contributed by atoms with van der Waals surface area (Å²) in [6.45, 7) is 5.75. The Morgan fingerprint density at radius 3 is 2.56 bits per heavy atom. The molecule has 0 radical (unpaired) electrons. The van der Waals surface area contributed by atoms with Crippen molar-refractivity contribution >= 4 is 23.2 Å². The Hall–Kier alpha value is -1.26. The van der Waals surface area contributed by atoms with Gasteiger partial charge >= 0.3 is 0 Å². The molecule has 0 aliphatic heterocycles. The van der Waals surface area contributed by atoms with Crippen LogP contribution in [0.15, 0.2) is 18.2 Å². The number of rotatable bonds is 3. The normalized spacial score (nSPS) is 13.0. The van der Waals surface area contributed by atoms with E-state index >= 15 is 0 Å². The van der Waals surface area contributed by atoms with E-state index in [2.05, 4.69) is 5.32 Å². The summed E-state index contributed by atoms with van der Waals surface area (Å²) < 4.78 is 5.08. The van der Waals surface area contributed by atoms with Crippen molar-refractivity contribution in [1.29, 1.82) is 0 Å². The molecule has 1 rings (SSSR count). The molecule has 18 heavy (non-hydrogen) atoms. The minimum Gasteiger partial charge on any atom is -0.495 e. The number of amides is 1. The summed E-state index contributed by atoms with van der Waals surface area (Å²) in [5.41, 5.74) is 6.19. The van der Waals surface area contributed by atoms with E-state index in [1.165, 1.54) is 7.11 Å². The van der Waals surface area contributed by atoms with Gasteiger partial charge < -0.3 is 15.8 Å². The molecule has 0 saturated carbocycles. The third-order valence-electron chi connectivity index (χ3n) is 2.63. The quantitative estimate of drug-likeness (QED) is 0.887. The van der Waals surface area contributed by atoms with Crippen molar-refractivity contribution < 1.29 is 9.53 Å². The van der Waals surface area contributed by atoms with E-state index in [0.717, 1.165) is 0 Å². The standard InChI is InChI=1S/C13H19ClN2O2/c1-13(2,3)11(15)12(17)16-8-5-6-9(14)10(7-8)18-4/h5-7,11H,15H2,1-4H3,(H,16,17)/t11-/m1/s1. The molecule has 0 aliphatic rings. The number of ether oxygens (including phenoxy) is 1. The maximum absolute atomic E-state index is 11.9. The van der Waals surface area contributed by atoms with Gasteiger partial charge in [0.1, 0.15) is 5.75 Å². The average Bonchev–Trinajstić information content (AvgIpc) is 2.29. The van der Waals surface area contributed by atoms with Crippen molar-refractivity contribution in [3.05, 3.63) is 23.2 Å². The molecule has 0 fully saturated rings. The first-order chi connectivity index (χ1) is 8.25. The van der Waals surface area contributed by atoms with Gasteiger partial charge in [-0.3, -0.25) is 4.79 Å². The maximum atomic E-state index is 11.9. The summed E-state index contributed by atoms with van der Waals surface area (Å²) in [5, 5.41) is 3.24.